The number of halogens is 1. The molecule has 2 aromatic rings. The van der Waals surface area contributed by atoms with Gasteiger partial charge in [0.15, 0.2) is 23.2 Å². The van der Waals surface area contributed by atoms with E-state index in [-0.39, 0.29) is 29.4 Å². The summed E-state index contributed by atoms with van der Waals surface area (Å²) < 4.78 is 20.2. The number of rotatable bonds is 3. The Morgan fingerprint density at radius 3 is 2.91 bits per heavy atom. The number of nitrogens with zero attached hydrogens (tertiary/aromatic N) is 4. The number of carbonyl (C=O) groups is 1. The summed E-state index contributed by atoms with van der Waals surface area (Å²) in [5, 5.41) is 22.7. The van der Waals surface area contributed by atoms with E-state index in [0.29, 0.717) is 0 Å². The number of imidazole rings is 1. The molecule has 1 saturated heterocycles. The molecule has 1 aliphatic rings. The molecule has 0 aromatic carbocycles. The summed E-state index contributed by atoms with van der Waals surface area (Å²) in [5.41, 5.74) is 5.76. The van der Waals surface area contributed by atoms with Crippen LogP contribution in [0.3, 0.4) is 0 Å². The molecule has 1 aliphatic heterocycles. The minimum atomic E-state index is -1.31. The first-order valence-electron chi connectivity index (χ1n) is 6.80. The first-order valence-corrected chi connectivity index (χ1v) is 6.80. The molecule has 5 N–H and O–H groups in total. The summed E-state index contributed by atoms with van der Waals surface area (Å²) in [7, 11) is 0. The topological polar surface area (TPSA) is 148 Å². The van der Waals surface area contributed by atoms with Crippen LogP contribution in [0.25, 0.3) is 11.2 Å². The molecule has 2 aromatic heterocycles. The molecule has 0 unspecified atom stereocenters. The largest absolute Gasteiger partial charge is 0.387 e. The van der Waals surface area contributed by atoms with Crippen LogP contribution >= 0.6 is 0 Å². The molecule has 0 radical (unpaired) electrons. The number of anilines is 1. The maximum Gasteiger partial charge on any atom is 0.312 e. The summed E-state index contributed by atoms with van der Waals surface area (Å²) >= 11 is 0. The van der Waals surface area contributed by atoms with Gasteiger partial charge in [0.05, 0.1) is 6.33 Å². The van der Waals surface area contributed by atoms with Gasteiger partial charge in [-0.25, -0.2) is 4.98 Å². The van der Waals surface area contributed by atoms with Crippen molar-refractivity contribution in [3.05, 3.63) is 12.4 Å². The number of fused-ring (bicyclic) bond motifs is 1. The number of aliphatic hydroxyl groups excluding tert-OH is 2. The number of hydrogen-bond acceptors (Lipinski definition) is 8. The highest BCUT2D eigenvalue weighted by molar-refractivity contribution is 5.81. The van der Waals surface area contributed by atoms with Crippen molar-refractivity contribution in [2.75, 3.05) is 12.3 Å². The van der Waals surface area contributed by atoms with Crippen molar-refractivity contribution in [1.82, 2.24) is 24.8 Å². The third-order valence-corrected chi connectivity index (χ3v) is 3.58. The molecule has 23 heavy (non-hydrogen) atoms. The van der Waals surface area contributed by atoms with Crippen LogP contribution in [0.4, 0.5) is 10.2 Å². The third-order valence-electron chi connectivity index (χ3n) is 3.58. The normalized spacial score (nSPS) is 27.5. The number of ether oxygens (including phenoxy) is 1. The van der Waals surface area contributed by atoms with Gasteiger partial charge in [0, 0.05) is 13.5 Å². The van der Waals surface area contributed by atoms with Gasteiger partial charge in [-0.1, -0.05) is 0 Å². The van der Waals surface area contributed by atoms with Crippen LogP contribution in [0.5, 0.6) is 0 Å². The Balaban J connectivity index is 1.91. The number of aliphatic hydroxyl groups is 2. The third kappa shape index (κ3) is 2.69. The van der Waals surface area contributed by atoms with Gasteiger partial charge in [-0.2, -0.15) is 14.4 Å². The van der Waals surface area contributed by atoms with E-state index in [2.05, 4.69) is 20.3 Å². The lowest BCUT2D eigenvalue weighted by atomic mass is 10.1. The van der Waals surface area contributed by atoms with Crippen molar-refractivity contribution in [2.24, 2.45) is 0 Å². The van der Waals surface area contributed by atoms with Crippen molar-refractivity contribution in [3.8, 4) is 0 Å². The minimum Gasteiger partial charge on any atom is -0.387 e. The van der Waals surface area contributed by atoms with Crippen LogP contribution in [0.2, 0.25) is 0 Å². The van der Waals surface area contributed by atoms with E-state index in [1.165, 1.54) is 17.8 Å². The molecular weight excluding hydrogens is 311 g/mol. The van der Waals surface area contributed by atoms with E-state index < -0.39 is 30.6 Å². The average molecular weight is 326 g/mol. The summed E-state index contributed by atoms with van der Waals surface area (Å²) in [6.07, 6.45) is -4.22. The number of aromatic nitrogens is 4. The molecule has 124 valence electrons. The SMILES string of the molecule is CC(=O)NC[C@H]1O[C@@H](n2cnc3c(N)nc(F)nc32)[C@H](O)[C@@H]1O. The van der Waals surface area contributed by atoms with E-state index in [9.17, 15) is 19.4 Å². The Kier molecular flexibility index (Phi) is 3.83. The zero-order chi connectivity index (χ0) is 16.7. The van der Waals surface area contributed by atoms with Gasteiger partial charge < -0.3 is 26.0 Å². The number of nitrogens with one attached hydrogen (secondary N) is 1. The Labute approximate surface area is 129 Å². The second kappa shape index (κ2) is 5.68. The van der Waals surface area contributed by atoms with Crippen LogP contribution in [-0.4, -0.2) is 60.5 Å². The lowest BCUT2D eigenvalue weighted by Gasteiger charge is -2.16. The number of carbonyl (C=O) groups excluding carboxylic acids is 1. The van der Waals surface area contributed by atoms with Crippen molar-refractivity contribution < 1.29 is 24.1 Å². The Hall–Kier alpha value is -2.37. The minimum absolute atomic E-state index is 0.0160. The van der Waals surface area contributed by atoms with Crippen molar-refractivity contribution in [1.29, 1.82) is 0 Å². The predicted molar refractivity (Wildman–Crippen MR) is 74.3 cm³/mol. The van der Waals surface area contributed by atoms with Crippen LogP contribution in [0, 0.1) is 6.08 Å². The predicted octanol–water partition coefficient (Wildman–Crippen LogP) is -1.70. The number of nitrogens with two attached hydrogens (primary N) is 1. The van der Waals surface area contributed by atoms with E-state index in [1.54, 1.807) is 0 Å². The zero-order valence-corrected chi connectivity index (χ0v) is 12.0. The molecule has 3 rings (SSSR count). The molecule has 0 aliphatic carbocycles. The summed E-state index contributed by atoms with van der Waals surface area (Å²) in [5.74, 6) is -0.441. The molecule has 0 saturated carbocycles. The average Bonchev–Trinajstić information content (AvgIpc) is 3.00. The number of hydrogen-bond donors (Lipinski definition) is 4. The maximum atomic E-state index is 13.4. The van der Waals surface area contributed by atoms with Gasteiger partial charge in [0.2, 0.25) is 5.91 Å². The first-order chi connectivity index (χ1) is 10.9. The highest BCUT2D eigenvalue weighted by Gasteiger charge is 2.44. The van der Waals surface area contributed by atoms with Gasteiger partial charge in [0.1, 0.15) is 18.3 Å². The monoisotopic (exact) mass is 326 g/mol. The van der Waals surface area contributed by atoms with E-state index in [0.717, 1.165) is 0 Å². The number of amides is 1. The van der Waals surface area contributed by atoms with Gasteiger partial charge >= 0.3 is 6.08 Å². The van der Waals surface area contributed by atoms with E-state index in [1.807, 2.05) is 0 Å². The first kappa shape index (κ1) is 15.5. The molecular formula is C12H15FN6O4. The van der Waals surface area contributed by atoms with Gasteiger partial charge in [0.25, 0.3) is 0 Å². The van der Waals surface area contributed by atoms with Gasteiger partial charge in [-0.3, -0.25) is 9.36 Å². The molecule has 11 heteroatoms. The smallest absolute Gasteiger partial charge is 0.312 e. The summed E-state index contributed by atoms with van der Waals surface area (Å²) in [4.78, 5) is 21.9. The fraction of sp³-hybridized carbons (Fsp3) is 0.500. The van der Waals surface area contributed by atoms with Crippen molar-refractivity contribution >= 4 is 22.9 Å². The van der Waals surface area contributed by atoms with Crippen molar-refractivity contribution in [3.63, 3.8) is 0 Å². The van der Waals surface area contributed by atoms with Crippen LogP contribution in [-0.2, 0) is 9.53 Å². The highest BCUT2D eigenvalue weighted by atomic mass is 19.1. The second-order valence-electron chi connectivity index (χ2n) is 5.19. The molecule has 4 atom stereocenters. The Morgan fingerprint density at radius 1 is 1.48 bits per heavy atom. The van der Waals surface area contributed by atoms with Crippen LogP contribution in [0.1, 0.15) is 13.2 Å². The number of nitrogen functional groups attached to an aromatic ring is 1. The molecule has 0 bridgehead atoms. The molecule has 1 amide bonds. The van der Waals surface area contributed by atoms with Gasteiger partial charge in [-0.15, -0.1) is 0 Å². The lowest BCUT2D eigenvalue weighted by molar-refractivity contribution is -0.120. The quantitative estimate of drug-likeness (QED) is 0.488. The fourth-order valence-corrected chi connectivity index (χ4v) is 2.47. The van der Waals surface area contributed by atoms with Crippen molar-refractivity contribution in [2.45, 2.75) is 31.5 Å². The molecule has 0 spiro atoms. The van der Waals surface area contributed by atoms with Crippen LogP contribution < -0.4 is 11.1 Å². The summed E-state index contributed by atoms with van der Waals surface area (Å²) in [6, 6.07) is 0. The lowest BCUT2D eigenvalue weighted by Crippen LogP contribution is -2.39. The van der Waals surface area contributed by atoms with E-state index in [4.69, 9.17) is 10.5 Å². The standard InChI is InChI=1S/C12H15FN6O4/c1-4(20)15-2-5-7(21)8(22)11(23-5)19-3-16-6-9(14)17-12(13)18-10(6)19/h3,5,7-8,11,21-22H,2H2,1H3,(H,15,20)(H2,14,17,18)/t5-,7-,8-,11-/m1/s1. The Bertz CT molecular complexity index is 752. The molecule has 3 heterocycles. The fourth-order valence-electron chi connectivity index (χ4n) is 2.47. The zero-order valence-electron chi connectivity index (χ0n) is 12.0. The van der Waals surface area contributed by atoms with Crippen LogP contribution in [0.15, 0.2) is 6.33 Å². The Morgan fingerprint density at radius 2 is 2.22 bits per heavy atom. The maximum absolute atomic E-state index is 13.4. The molecule has 1 fully saturated rings. The van der Waals surface area contributed by atoms with Gasteiger partial charge in [-0.05, 0) is 0 Å². The van der Waals surface area contributed by atoms with E-state index >= 15 is 0 Å². The summed E-state index contributed by atoms with van der Waals surface area (Å²) in [6.45, 7) is 1.34. The molecule has 10 nitrogen and oxygen atoms in total. The highest BCUT2D eigenvalue weighted by Crippen LogP contribution is 2.31. The second-order valence-corrected chi connectivity index (χ2v) is 5.19.